The lowest BCUT2D eigenvalue weighted by atomic mass is 10.2. The first-order valence-corrected chi connectivity index (χ1v) is 8.59. The molecule has 0 N–H and O–H groups in total. The van der Waals surface area contributed by atoms with Crippen LogP contribution in [0.2, 0.25) is 5.02 Å². The monoisotopic (exact) mass is 399 g/mol. The highest BCUT2D eigenvalue weighted by Gasteiger charge is 2.14. The van der Waals surface area contributed by atoms with Gasteiger partial charge >= 0.3 is 0 Å². The summed E-state index contributed by atoms with van der Waals surface area (Å²) in [5.74, 6) is -0.0377. The minimum absolute atomic E-state index is 0.0360. The molecule has 9 heteroatoms. The summed E-state index contributed by atoms with van der Waals surface area (Å²) in [6, 6.07) is 8.26. The van der Waals surface area contributed by atoms with Crippen molar-refractivity contribution in [2.45, 2.75) is 13.5 Å². The number of hydrazone groups is 1. The molecule has 3 aromatic rings. The maximum absolute atomic E-state index is 13.3. The lowest BCUT2D eigenvalue weighted by Crippen LogP contribution is -2.18. The normalized spacial score (nSPS) is 11.8. The maximum atomic E-state index is 13.3. The van der Waals surface area contributed by atoms with Crippen molar-refractivity contribution in [3.8, 4) is 11.5 Å². The van der Waals surface area contributed by atoms with Gasteiger partial charge in [0.2, 0.25) is 12.2 Å². The van der Waals surface area contributed by atoms with Crippen LogP contribution in [0.4, 0.5) is 4.39 Å². The summed E-state index contributed by atoms with van der Waals surface area (Å²) in [7, 11) is 0. The third-order valence-electron chi connectivity index (χ3n) is 3.52. The molecule has 0 aliphatic heterocycles. The molecule has 0 fully saturated rings. The van der Waals surface area contributed by atoms with E-state index in [1.54, 1.807) is 43.3 Å². The van der Waals surface area contributed by atoms with Crippen LogP contribution in [0.25, 0.3) is 11.5 Å². The Morgan fingerprint density at radius 2 is 2.21 bits per heavy atom. The van der Waals surface area contributed by atoms with Crippen molar-refractivity contribution in [2.75, 3.05) is 0 Å². The van der Waals surface area contributed by atoms with Crippen molar-refractivity contribution in [3.63, 3.8) is 0 Å². The maximum Gasteiger partial charge on any atom is 0.258 e. The summed E-state index contributed by atoms with van der Waals surface area (Å²) in [6.07, 6.45) is 6.41. The van der Waals surface area contributed by atoms with Gasteiger partial charge in [-0.2, -0.15) is 10.1 Å². The Morgan fingerprint density at radius 3 is 2.93 bits per heavy atom. The minimum Gasteiger partial charge on any atom is -0.334 e. The molecule has 3 rings (SSSR count). The molecule has 0 unspecified atom stereocenters. The van der Waals surface area contributed by atoms with Crippen molar-refractivity contribution in [3.05, 3.63) is 77.1 Å². The van der Waals surface area contributed by atoms with Crippen molar-refractivity contribution in [2.24, 2.45) is 5.10 Å². The molecule has 0 bridgehead atoms. The van der Waals surface area contributed by atoms with Crippen LogP contribution in [0.3, 0.4) is 0 Å². The Labute approximate surface area is 165 Å². The van der Waals surface area contributed by atoms with E-state index < -0.39 is 5.82 Å². The standard InChI is InChI=1S/C19H15ClFN5O2/c1-2-4-17(24-26(12-27)11-13-7-16(21)10-22-9-13)18-23-19(28-25-18)14-5-3-6-15(20)8-14/h2-10,12H,11H2,1H3/b4-2-,24-17+. The average molecular weight is 400 g/mol. The summed E-state index contributed by atoms with van der Waals surface area (Å²) >= 11 is 5.99. The highest BCUT2D eigenvalue weighted by atomic mass is 35.5. The molecule has 2 heterocycles. The van der Waals surface area contributed by atoms with Crippen LogP contribution in [-0.2, 0) is 11.3 Å². The molecular formula is C19H15ClFN5O2. The number of halogens is 2. The van der Waals surface area contributed by atoms with E-state index in [0.29, 0.717) is 28.3 Å². The molecule has 0 saturated heterocycles. The molecule has 0 aliphatic rings. The smallest absolute Gasteiger partial charge is 0.258 e. The average Bonchev–Trinajstić information content (AvgIpc) is 3.17. The first-order chi connectivity index (χ1) is 13.6. The molecule has 0 atom stereocenters. The molecule has 1 aromatic carbocycles. The second-order valence-corrected chi connectivity index (χ2v) is 6.07. The number of carbonyl (C=O) groups is 1. The molecule has 142 valence electrons. The van der Waals surface area contributed by atoms with Gasteiger partial charge in [-0.25, -0.2) is 9.40 Å². The fourth-order valence-electron chi connectivity index (χ4n) is 2.34. The summed E-state index contributed by atoms with van der Waals surface area (Å²) in [6.45, 7) is 1.82. The molecular weight excluding hydrogens is 385 g/mol. The fraction of sp³-hybridized carbons (Fsp3) is 0.105. The van der Waals surface area contributed by atoms with Gasteiger partial charge in [0, 0.05) is 16.8 Å². The van der Waals surface area contributed by atoms with Gasteiger partial charge in [0.15, 0.2) is 0 Å². The van der Waals surface area contributed by atoms with Crippen molar-refractivity contribution in [1.29, 1.82) is 0 Å². The Balaban J connectivity index is 1.88. The summed E-state index contributed by atoms with van der Waals surface area (Å²) in [5.41, 5.74) is 1.45. The zero-order valence-electron chi connectivity index (χ0n) is 14.8. The van der Waals surface area contributed by atoms with Crippen LogP contribution in [0.1, 0.15) is 18.3 Å². The summed E-state index contributed by atoms with van der Waals surface area (Å²) in [4.78, 5) is 19.5. The molecule has 2 aromatic heterocycles. The van der Waals surface area contributed by atoms with Crippen LogP contribution in [-0.4, -0.2) is 32.3 Å². The van der Waals surface area contributed by atoms with E-state index in [4.69, 9.17) is 16.1 Å². The Morgan fingerprint density at radius 1 is 1.36 bits per heavy atom. The van der Waals surface area contributed by atoms with Gasteiger partial charge in [-0.1, -0.05) is 28.9 Å². The highest BCUT2D eigenvalue weighted by Crippen LogP contribution is 2.21. The van der Waals surface area contributed by atoms with Crippen LogP contribution < -0.4 is 0 Å². The topological polar surface area (TPSA) is 84.5 Å². The van der Waals surface area contributed by atoms with Gasteiger partial charge in [-0.15, -0.1) is 0 Å². The number of carbonyl (C=O) groups excluding carboxylic acids is 1. The number of hydrogen-bond acceptors (Lipinski definition) is 6. The van der Waals surface area contributed by atoms with Crippen LogP contribution in [0.15, 0.2) is 64.5 Å². The van der Waals surface area contributed by atoms with Gasteiger partial charge in [0.25, 0.3) is 5.89 Å². The number of benzene rings is 1. The predicted molar refractivity (Wildman–Crippen MR) is 102 cm³/mol. The summed E-state index contributed by atoms with van der Waals surface area (Å²) in [5, 5.41) is 9.80. The van der Waals surface area contributed by atoms with Gasteiger partial charge in [-0.3, -0.25) is 9.78 Å². The number of aromatic nitrogens is 3. The third kappa shape index (κ3) is 4.86. The molecule has 0 spiro atoms. The molecule has 0 radical (unpaired) electrons. The van der Waals surface area contributed by atoms with E-state index in [1.807, 2.05) is 0 Å². The molecule has 0 saturated carbocycles. The van der Waals surface area contributed by atoms with Gasteiger partial charge in [0.05, 0.1) is 12.7 Å². The minimum atomic E-state index is -0.495. The van der Waals surface area contributed by atoms with Crippen LogP contribution in [0.5, 0.6) is 0 Å². The molecule has 28 heavy (non-hydrogen) atoms. The second kappa shape index (κ2) is 9.01. The summed E-state index contributed by atoms with van der Waals surface area (Å²) < 4.78 is 18.6. The predicted octanol–water partition coefficient (Wildman–Crippen LogP) is 3.86. The lowest BCUT2D eigenvalue weighted by Gasteiger charge is -2.11. The Hall–Kier alpha value is -3.39. The van der Waals surface area contributed by atoms with Crippen LogP contribution >= 0.6 is 11.6 Å². The highest BCUT2D eigenvalue weighted by molar-refractivity contribution is 6.30. The van der Waals surface area contributed by atoms with Gasteiger partial charge < -0.3 is 4.52 Å². The van der Waals surface area contributed by atoms with Crippen molar-refractivity contribution in [1.82, 2.24) is 20.1 Å². The molecule has 7 nitrogen and oxygen atoms in total. The van der Waals surface area contributed by atoms with Gasteiger partial charge in [-0.05, 0) is 42.8 Å². The third-order valence-corrected chi connectivity index (χ3v) is 3.75. The number of nitrogens with zero attached hydrogens (tertiary/aromatic N) is 5. The number of allylic oxidation sites excluding steroid dienone is 2. The SMILES string of the molecule is C/C=C\C(=N/N(C=O)Cc1cncc(F)c1)c1noc(-c2cccc(Cl)c2)n1. The van der Waals surface area contributed by atoms with E-state index in [1.165, 1.54) is 12.3 Å². The van der Waals surface area contributed by atoms with E-state index >= 15 is 0 Å². The van der Waals surface area contributed by atoms with E-state index in [2.05, 4.69) is 20.2 Å². The number of rotatable bonds is 7. The van der Waals surface area contributed by atoms with E-state index in [0.717, 1.165) is 11.2 Å². The zero-order chi connectivity index (χ0) is 19.9. The number of amides is 1. The van der Waals surface area contributed by atoms with E-state index in [9.17, 15) is 9.18 Å². The van der Waals surface area contributed by atoms with Crippen molar-refractivity contribution < 1.29 is 13.7 Å². The second-order valence-electron chi connectivity index (χ2n) is 5.63. The van der Waals surface area contributed by atoms with Crippen molar-refractivity contribution >= 4 is 23.7 Å². The lowest BCUT2D eigenvalue weighted by molar-refractivity contribution is -0.118. The number of pyridine rings is 1. The zero-order valence-corrected chi connectivity index (χ0v) is 15.5. The number of hydrogen-bond donors (Lipinski definition) is 0. The Kier molecular flexibility index (Phi) is 6.23. The largest absolute Gasteiger partial charge is 0.334 e. The first-order valence-electron chi connectivity index (χ1n) is 8.21. The quantitative estimate of drug-likeness (QED) is 0.342. The fourth-order valence-corrected chi connectivity index (χ4v) is 2.53. The molecule has 1 amide bonds. The molecule has 0 aliphatic carbocycles. The first kappa shape index (κ1) is 19.4. The van der Waals surface area contributed by atoms with E-state index in [-0.39, 0.29) is 18.3 Å². The Bertz CT molecular complexity index is 1030. The van der Waals surface area contributed by atoms with Gasteiger partial charge in [0.1, 0.15) is 11.5 Å². The van der Waals surface area contributed by atoms with Crippen LogP contribution in [0, 0.1) is 5.82 Å².